The molecule has 0 N–H and O–H groups in total. The van der Waals surface area contributed by atoms with E-state index in [1.807, 2.05) is 24.4 Å². The van der Waals surface area contributed by atoms with Crippen molar-refractivity contribution in [3.05, 3.63) is 47.2 Å². The average Bonchev–Trinajstić information content (AvgIpc) is 3.32. The number of aromatic nitrogens is 2. The zero-order valence-electron chi connectivity index (χ0n) is 14.7. The van der Waals surface area contributed by atoms with Crippen LogP contribution in [0.25, 0.3) is 10.7 Å². The summed E-state index contributed by atoms with van der Waals surface area (Å²) in [4.78, 5) is 5.34. The molecule has 138 valence electrons. The van der Waals surface area contributed by atoms with E-state index in [2.05, 4.69) is 10.1 Å². The van der Waals surface area contributed by atoms with Crippen LogP contribution in [0, 0.1) is 0 Å². The van der Waals surface area contributed by atoms with E-state index < -0.39 is 10.0 Å². The summed E-state index contributed by atoms with van der Waals surface area (Å²) in [7, 11) is -0.635. The number of thiophene rings is 1. The van der Waals surface area contributed by atoms with Crippen molar-refractivity contribution < 1.29 is 17.7 Å². The third-order valence-electron chi connectivity index (χ3n) is 3.91. The van der Waals surface area contributed by atoms with Crippen molar-refractivity contribution in [2.75, 3.05) is 14.2 Å². The van der Waals surface area contributed by atoms with Crippen LogP contribution in [0.5, 0.6) is 5.75 Å². The first-order chi connectivity index (χ1) is 12.5. The van der Waals surface area contributed by atoms with Crippen LogP contribution in [-0.2, 0) is 23.0 Å². The second-order valence-electron chi connectivity index (χ2n) is 5.58. The molecule has 3 aromatic rings. The third-order valence-corrected chi connectivity index (χ3v) is 6.57. The van der Waals surface area contributed by atoms with Crippen LogP contribution in [0.15, 0.2) is 45.1 Å². The SMILES string of the molecule is CCc1cc(S(=O)(=O)N(C)Cc2nc(-c3cccs3)no2)ccc1OC. The number of benzene rings is 1. The fraction of sp³-hybridized carbons (Fsp3) is 0.294. The van der Waals surface area contributed by atoms with Crippen LogP contribution >= 0.6 is 11.3 Å². The summed E-state index contributed by atoms with van der Waals surface area (Å²) in [5.41, 5.74) is 0.833. The Bertz CT molecular complexity index is 981. The van der Waals surface area contributed by atoms with Crippen LogP contribution in [0.1, 0.15) is 18.4 Å². The fourth-order valence-electron chi connectivity index (χ4n) is 2.47. The van der Waals surface area contributed by atoms with Gasteiger partial charge in [-0.05, 0) is 41.6 Å². The van der Waals surface area contributed by atoms with Crippen molar-refractivity contribution in [3.63, 3.8) is 0 Å². The molecule has 0 amide bonds. The van der Waals surface area contributed by atoms with Crippen molar-refractivity contribution in [2.45, 2.75) is 24.8 Å². The smallest absolute Gasteiger partial charge is 0.243 e. The Morgan fingerprint density at radius 3 is 2.77 bits per heavy atom. The second kappa shape index (κ2) is 7.56. The lowest BCUT2D eigenvalue weighted by atomic mass is 10.1. The Labute approximate surface area is 156 Å². The molecule has 0 atom stereocenters. The van der Waals surface area contributed by atoms with E-state index in [1.165, 1.54) is 28.8 Å². The van der Waals surface area contributed by atoms with Crippen molar-refractivity contribution >= 4 is 21.4 Å². The molecule has 0 unspecified atom stereocenters. The van der Waals surface area contributed by atoms with E-state index in [1.54, 1.807) is 19.2 Å². The Kier molecular flexibility index (Phi) is 5.40. The summed E-state index contributed by atoms with van der Waals surface area (Å²) in [6, 6.07) is 8.61. The highest BCUT2D eigenvalue weighted by Crippen LogP contribution is 2.26. The number of aryl methyl sites for hydroxylation is 1. The molecule has 0 radical (unpaired) electrons. The molecule has 0 aliphatic rings. The second-order valence-corrected chi connectivity index (χ2v) is 8.57. The molecule has 3 rings (SSSR count). The van der Waals surface area contributed by atoms with Crippen molar-refractivity contribution in [1.29, 1.82) is 0 Å². The van der Waals surface area contributed by atoms with E-state index in [0.29, 0.717) is 18.0 Å². The minimum Gasteiger partial charge on any atom is -0.496 e. The van der Waals surface area contributed by atoms with Crippen molar-refractivity contribution in [3.8, 4) is 16.5 Å². The molecule has 2 aromatic heterocycles. The zero-order valence-corrected chi connectivity index (χ0v) is 16.3. The molecule has 9 heteroatoms. The van der Waals surface area contributed by atoms with E-state index in [4.69, 9.17) is 9.26 Å². The quantitative estimate of drug-likeness (QED) is 0.613. The fourth-order valence-corrected chi connectivity index (χ4v) is 4.29. The largest absolute Gasteiger partial charge is 0.496 e. The van der Waals surface area contributed by atoms with Gasteiger partial charge in [0.2, 0.25) is 21.7 Å². The summed E-state index contributed by atoms with van der Waals surface area (Å²) < 4.78 is 37.3. The Morgan fingerprint density at radius 1 is 1.31 bits per heavy atom. The van der Waals surface area contributed by atoms with Gasteiger partial charge in [-0.25, -0.2) is 8.42 Å². The molecule has 1 aromatic carbocycles. The molecule has 0 fully saturated rings. The summed E-state index contributed by atoms with van der Waals surface area (Å²) in [6.45, 7) is 1.94. The maximum absolute atomic E-state index is 12.8. The van der Waals surface area contributed by atoms with Gasteiger partial charge in [-0.2, -0.15) is 9.29 Å². The first-order valence-corrected chi connectivity index (χ1v) is 10.3. The summed E-state index contributed by atoms with van der Waals surface area (Å²) >= 11 is 1.49. The third kappa shape index (κ3) is 3.64. The summed E-state index contributed by atoms with van der Waals surface area (Å²) in [6.07, 6.45) is 0.671. The maximum atomic E-state index is 12.8. The van der Waals surface area contributed by atoms with Gasteiger partial charge in [0.05, 0.1) is 23.4 Å². The number of nitrogens with zero attached hydrogens (tertiary/aromatic N) is 3. The Hall–Kier alpha value is -2.23. The molecule has 7 nitrogen and oxygen atoms in total. The minimum atomic E-state index is -3.69. The van der Waals surface area contributed by atoms with Gasteiger partial charge in [-0.3, -0.25) is 0 Å². The average molecular weight is 393 g/mol. The van der Waals surface area contributed by atoms with Gasteiger partial charge in [-0.15, -0.1) is 11.3 Å². The van der Waals surface area contributed by atoms with Crippen LogP contribution in [0.4, 0.5) is 0 Å². The molecular formula is C17H19N3O4S2. The van der Waals surface area contributed by atoms with Crippen molar-refractivity contribution in [2.24, 2.45) is 0 Å². The topological polar surface area (TPSA) is 85.5 Å². The van der Waals surface area contributed by atoms with Gasteiger partial charge in [0.1, 0.15) is 5.75 Å². The molecule has 2 heterocycles. The zero-order chi connectivity index (χ0) is 18.7. The molecule has 0 aliphatic carbocycles. The predicted molar refractivity (Wildman–Crippen MR) is 98.6 cm³/mol. The highest BCUT2D eigenvalue weighted by atomic mass is 32.2. The van der Waals surface area contributed by atoms with Crippen molar-refractivity contribution in [1.82, 2.24) is 14.4 Å². The predicted octanol–water partition coefficient (Wildman–Crippen LogP) is 3.19. The molecule has 0 bridgehead atoms. The first kappa shape index (κ1) is 18.6. The highest BCUT2D eigenvalue weighted by molar-refractivity contribution is 7.89. The normalized spacial score (nSPS) is 11.8. The minimum absolute atomic E-state index is 0.00576. The van der Waals surface area contributed by atoms with E-state index in [0.717, 1.165) is 10.4 Å². The molecule has 0 saturated carbocycles. The highest BCUT2D eigenvalue weighted by Gasteiger charge is 2.24. The molecular weight excluding hydrogens is 374 g/mol. The van der Waals surface area contributed by atoms with Crippen LogP contribution in [0.2, 0.25) is 0 Å². The number of hydrogen-bond acceptors (Lipinski definition) is 7. The van der Waals surface area contributed by atoms with Gasteiger partial charge in [0.25, 0.3) is 0 Å². The molecule has 0 spiro atoms. The van der Waals surface area contributed by atoms with Crippen LogP contribution < -0.4 is 4.74 Å². The molecule has 0 saturated heterocycles. The summed E-state index contributed by atoms with van der Waals surface area (Å²) in [5, 5.41) is 5.82. The van der Waals surface area contributed by atoms with Gasteiger partial charge in [0, 0.05) is 7.05 Å². The number of ether oxygens (including phenoxy) is 1. The molecule has 26 heavy (non-hydrogen) atoms. The van der Waals surface area contributed by atoms with Crippen LogP contribution in [0.3, 0.4) is 0 Å². The van der Waals surface area contributed by atoms with Gasteiger partial charge in [-0.1, -0.05) is 18.1 Å². The Morgan fingerprint density at radius 2 is 2.12 bits per heavy atom. The first-order valence-electron chi connectivity index (χ1n) is 7.95. The maximum Gasteiger partial charge on any atom is 0.243 e. The Balaban J connectivity index is 1.81. The van der Waals surface area contributed by atoms with E-state index in [-0.39, 0.29) is 17.3 Å². The monoisotopic (exact) mass is 393 g/mol. The molecule has 0 aliphatic heterocycles. The van der Waals surface area contributed by atoms with Gasteiger partial charge in [0.15, 0.2) is 0 Å². The number of rotatable bonds is 7. The number of methoxy groups -OCH3 is 1. The lowest BCUT2D eigenvalue weighted by Gasteiger charge is -2.16. The van der Waals surface area contributed by atoms with Gasteiger partial charge >= 0.3 is 0 Å². The number of hydrogen-bond donors (Lipinski definition) is 0. The van der Waals surface area contributed by atoms with E-state index >= 15 is 0 Å². The van der Waals surface area contributed by atoms with Gasteiger partial charge < -0.3 is 9.26 Å². The number of sulfonamides is 1. The van der Waals surface area contributed by atoms with E-state index in [9.17, 15) is 8.42 Å². The standard InChI is InChI=1S/C17H19N3O4S2/c1-4-12-10-13(7-8-14(12)23-3)26(21,22)20(2)11-16-18-17(19-24-16)15-6-5-9-25-15/h5-10H,4,11H2,1-3H3. The van der Waals surface area contributed by atoms with Crippen LogP contribution in [-0.4, -0.2) is 37.0 Å². The lowest BCUT2D eigenvalue weighted by molar-refractivity contribution is 0.336. The summed E-state index contributed by atoms with van der Waals surface area (Å²) in [5.74, 6) is 1.37. The lowest BCUT2D eigenvalue weighted by Crippen LogP contribution is -2.26.